The molecule has 0 unspecified atom stereocenters. The zero-order valence-corrected chi connectivity index (χ0v) is 19.5. The van der Waals surface area contributed by atoms with Gasteiger partial charge in [0.2, 0.25) is 5.89 Å². The highest BCUT2D eigenvalue weighted by molar-refractivity contribution is 7.98. The zero-order chi connectivity index (χ0) is 22.1. The Labute approximate surface area is 196 Å². The molecule has 2 aromatic heterocycles. The van der Waals surface area contributed by atoms with Gasteiger partial charge in [0.1, 0.15) is 18.6 Å². The molecule has 2 heterocycles. The standard InChI is InChI=1S/C24H23ClN4O2S/c1-15-7-10-19(16(2)11-15)23-26-17(12-31-23)14-32-24-28-27-22(29(24)18-8-9-18)13-30-21-6-4-3-5-20(21)25/h3-7,10-12,18H,8-9,13-14H2,1-2H3. The monoisotopic (exact) mass is 466 g/mol. The quantitative estimate of drug-likeness (QED) is 0.279. The van der Waals surface area contributed by atoms with Crippen molar-refractivity contribution in [1.82, 2.24) is 19.7 Å². The molecule has 32 heavy (non-hydrogen) atoms. The summed E-state index contributed by atoms with van der Waals surface area (Å²) < 4.78 is 13.8. The molecular formula is C24H23ClN4O2S. The molecule has 0 amide bonds. The van der Waals surface area contributed by atoms with E-state index in [1.807, 2.05) is 24.3 Å². The van der Waals surface area contributed by atoms with Gasteiger partial charge in [0, 0.05) is 17.4 Å². The molecule has 0 atom stereocenters. The predicted molar refractivity (Wildman–Crippen MR) is 125 cm³/mol. The van der Waals surface area contributed by atoms with Gasteiger partial charge in [0.05, 0.1) is 10.7 Å². The van der Waals surface area contributed by atoms with Gasteiger partial charge in [-0.2, -0.15) is 0 Å². The van der Waals surface area contributed by atoms with Crippen LogP contribution in [-0.4, -0.2) is 19.7 Å². The van der Waals surface area contributed by atoms with Crippen LogP contribution in [0.2, 0.25) is 5.02 Å². The van der Waals surface area contributed by atoms with Crippen LogP contribution in [0.4, 0.5) is 0 Å². The van der Waals surface area contributed by atoms with Gasteiger partial charge >= 0.3 is 0 Å². The van der Waals surface area contributed by atoms with E-state index in [1.54, 1.807) is 18.0 Å². The Morgan fingerprint density at radius 1 is 1.16 bits per heavy atom. The molecule has 0 aliphatic heterocycles. The Hall–Kier alpha value is -2.77. The van der Waals surface area contributed by atoms with Gasteiger partial charge in [-0.25, -0.2) is 4.98 Å². The van der Waals surface area contributed by atoms with Crippen LogP contribution in [0.1, 0.15) is 41.5 Å². The average Bonchev–Trinajstić information content (AvgIpc) is 3.36. The summed E-state index contributed by atoms with van der Waals surface area (Å²) in [6, 6.07) is 14.2. The van der Waals surface area contributed by atoms with Crippen molar-refractivity contribution >= 4 is 23.4 Å². The SMILES string of the molecule is Cc1ccc(-c2nc(CSc3nnc(COc4ccccc4Cl)n3C3CC3)co2)c(C)c1. The van der Waals surface area contributed by atoms with E-state index in [4.69, 9.17) is 20.8 Å². The molecule has 0 N–H and O–H groups in total. The Kier molecular flexibility index (Phi) is 5.93. The number of ether oxygens (including phenoxy) is 1. The van der Waals surface area contributed by atoms with E-state index in [2.05, 4.69) is 51.8 Å². The molecule has 1 saturated carbocycles. The summed E-state index contributed by atoms with van der Waals surface area (Å²) in [5.41, 5.74) is 4.28. The lowest BCUT2D eigenvalue weighted by Crippen LogP contribution is -2.07. The average molecular weight is 467 g/mol. The fraction of sp³-hybridized carbons (Fsp3) is 0.292. The number of hydrogen-bond acceptors (Lipinski definition) is 6. The third kappa shape index (κ3) is 4.54. The first kappa shape index (κ1) is 21.1. The Morgan fingerprint density at radius 2 is 2.00 bits per heavy atom. The summed E-state index contributed by atoms with van der Waals surface area (Å²) in [6.45, 7) is 4.48. The predicted octanol–water partition coefficient (Wildman–Crippen LogP) is 6.41. The van der Waals surface area contributed by atoms with Crippen molar-refractivity contribution < 1.29 is 9.15 Å². The van der Waals surface area contributed by atoms with Crippen LogP contribution in [0, 0.1) is 13.8 Å². The molecule has 0 spiro atoms. The zero-order valence-electron chi connectivity index (χ0n) is 17.9. The molecular weight excluding hydrogens is 444 g/mol. The van der Waals surface area contributed by atoms with Gasteiger partial charge < -0.3 is 9.15 Å². The lowest BCUT2D eigenvalue weighted by atomic mass is 10.1. The number of oxazole rings is 1. The Morgan fingerprint density at radius 3 is 2.78 bits per heavy atom. The minimum Gasteiger partial charge on any atom is -0.484 e. The molecule has 1 aliphatic rings. The number of rotatable bonds is 8. The van der Waals surface area contributed by atoms with E-state index in [0.717, 1.165) is 40.6 Å². The van der Waals surface area contributed by atoms with Crippen LogP contribution in [-0.2, 0) is 12.4 Å². The maximum atomic E-state index is 6.20. The maximum absolute atomic E-state index is 6.20. The molecule has 1 aliphatic carbocycles. The summed E-state index contributed by atoms with van der Waals surface area (Å²) in [6.07, 6.45) is 3.98. The summed E-state index contributed by atoms with van der Waals surface area (Å²) in [7, 11) is 0. The minimum absolute atomic E-state index is 0.328. The number of benzene rings is 2. The van der Waals surface area contributed by atoms with Gasteiger partial charge in [0.15, 0.2) is 11.0 Å². The number of hydrogen-bond donors (Lipinski definition) is 0. The Bertz CT molecular complexity index is 1250. The normalized spacial score (nSPS) is 13.5. The minimum atomic E-state index is 0.328. The highest BCUT2D eigenvalue weighted by Crippen LogP contribution is 2.39. The highest BCUT2D eigenvalue weighted by Gasteiger charge is 2.30. The summed E-state index contributed by atoms with van der Waals surface area (Å²) in [4.78, 5) is 4.68. The largest absolute Gasteiger partial charge is 0.484 e. The maximum Gasteiger partial charge on any atom is 0.226 e. The van der Waals surface area contributed by atoms with Gasteiger partial charge in [-0.05, 0) is 50.5 Å². The first-order chi connectivity index (χ1) is 15.6. The van der Waals surface area contributed by atoms with Crippen LogP contribution >= 0.6 is 23.4 Å². The molecule has 8 heteroatoms. The third-order valence-corrected chi connectivity index (χ3v) is 6.64. The van der Waals surface area contributed by atoms with Crippen LogP contribution in [0.3, 0.4) is 0 Å². The molecule has 0 radical (unpaired) electrons. The second-order valence-electron chi connectivity index (χ2n) is 7.97. The van der Waals surface area contributed by atoms with Crippen LogP contribution in [0.5, 0.6) is 5.75 Å². The number of aryl methyl sites for hydroxylation is 2. The van der Waals surface area contributed by atoms with E-state index < -0.39 is 0 Å². The fourth-order valence-electron chi connectivity index (χ4n) is 3.60. The summed E-state index contributed by atoms with van der Waals surface area (Å²) >= 11 is 7.82. The van der Waals surface area contributed by atoms with Crippen molar-refractivity contribution in [2.24, 2.45) is 0 Å². The number of nitrogens with zero attached hydrogens (tertiary/aromatic N) is 4. The highest BCUT2D eigenvalue weighted by atomic mass is 35.5. The molecule has 2 aromatic carbocycles. The van der Waals surface area contributed by atoms with Crippen molar-refractivity contribution in [2.45, 2.75) is 50.2 Å². The van der Waals surface area contributed by atoms with E-state index in [0.29, 0.717) is 35.1 Å². The molecule has 164 valence electrons. The third-order valence-electron chi connectivity index (χ3n) is 5.35. The lowest BCUT2D eigenvalue weighted by molar-refractivity contribution is 0.288. The van der Waals surface area contributed by atoms with E-state index in [1.165, 1.54) is 5.56 Å². The second kappa shape index (κ2) is 9.00. The number of thioether (sulfide) groups is 1. The van der Waals surface area contributed by atoms with Crippen LogP contribution in [0.25, 0.3) is 11.5 Å². The van der Waals surface area contributed by atoms with Crippen molar-refractivity contribution in [1.29, 1.82) is 0 Å². The number of para-hydroxylation sites is 1. The Balaban J connectivity index is 1.28. The fourth-order valence-corrected chi connectivity index (χ4v) is 4.69. The molecule has 1 fully saturated rings. The summed E-state index contributed by atoms with van der Waals surface area (Å²) in [5.74, 6) is 2.77. The molecule has 6 nitrogen and oxygen atoms in total. The molecule has 4 aromatic rings. The first-order valence-electron chi connectivity index (χ1n) is 10.5. The van der Waals surface area contributed by atoms with Gasteiger partial charge in [0.25, 0.3) is 0 Å². The smallest absolute Gasteiger partial charge is 0.226 e. The first-order valence-corrected chi connectivity index (χ1v) is 11.9. The van der Waals surface area contributed by atoms with Crippen molar-refractivity contribution in [3.63, 3.8) is 0 Å². The van der Waals surface area contributed by atoms with Crippen LogP contribution in [0.15, 0.2) is 58.3 Å². The van der Waals surface area contributed by atoms with E-state index in [9.17, 15) is 0 Å². The number of halogens is 1. The van der Waals surface area contributed by atoms with Gasteiger partial charge in [-0.1, -0.05) is 53.2 Å². The van der Waals surface area contributed by atoms with Gasteiger partial charge in [-0.3, -0.25) is 4.57 Å². The summed E-state index contributed by atoms with van der Waals surface area (Å²) in [5, 5.41) is 10.3. The lowest BCUT2D eigenvalue weighted by Gasteiger charge is -2.10. The van der Waals surface area contributed by atoms with Gasteiger partial charge in [-0.15, -0.1) is 10.2 Å². The molecule has 0 saturated heterocycles. The topological polar surface area (TPSA) is 66.0 Å². The molecule has 5 rings (SSSR count). The van der Waals surface area contributed by atoms with Crippen molar-refractivity contribution in [3.05, 3.63) is 76.4 Å². The van der Waals surface area contributed by atoms with Crippen molar-refractivity contribution in [2.75, 3.05) is 0 Å². The van der Waals surface area contributed by atoms with E-state index >= 15 is 0 Å². The van der Waals surface area contributed by atoms with E-state index in [-0.39, 0.29) is 0 Å². The van der Waals surface area contributed by atoms with Crippen molar-refractivity contribution in [3.8, 4) is 17.2 Å². The second-order valence-corrected chi connectivity index (χ2v) is 9.32. The molecule has 0 bridgehead atoms. The van der Waals surface area contributed by atoms with Crippen LogP contribution < -0.4 is 4.74 Å². The number of aromatic nitrogens is 4.